The highest BCUT2D eigenvalue weighted by Gasteiger charge is 2.19. The van der Waals surface area contributed by atoms with Crippen LogP contribution in [-0.4, -0.2) is 85.6 Å². The zero-order chi connectivity index (χ0) is 21.5. The summed E-state index contributed by atoms with van der Waals surface area (Å²) in [7, 11) is 0. The van der Waals surface area contributed by atoms with Gasteiger partial charge in [0.15, 0.2) is 0 Å². The lowest BCUT2D eigenvalue weighted by Gasteiger charge is -2.26. The van der Waals surface area contributed by atoms with E-state index in [0.29, 0.717) is 12.2 Å². The molecule has 166 valence electrons. The number of likely N-dealkylation sites (tertiary alicyclic amines) is 1. The molecule has 2 saturated heterocycles. The van der Waals surface area contributed by atoms with Crippen molar-refractivity contribution in [3.63, 3.8) is 0 Å². The minimum absolute atomic E-state index is 0.0187. The maximum Gasteiger partial charge on any atom is 0.252 e. The molecule has 8 heteroatoms. The van der Waals surface area contributed by atoms with Crippen LogP contribution in [0, 0.1) is 0 Å². The molecule has 0 unspecified atom stereocenters. The van der Waals surface area contributed by atoms with Gasteiger partial charge in [0, 0.05) is 57.4 Å². The van der Waals surface area contributed by atoms with Crippen molar-refractivity contribution in [3.05, 3.63) is 36.0 Å². The van der Waals surface area contributed by atoms with Crippen molar-refractivity contribution in [2.45, 2.75) is 19.3 Å². The van der Waals surface area contributed by atoms with Crippen molar-refractivity contribution in [2.24, 2.45) is 0 Å². The molecule has 4 rings (SSSR count). The van der Waals surface area contributed by atoms with E-state index in [-0.39, 0.29) is 18.4 Å². The first kappa shape index (κ1) is 21.5. The molecule has 3 heterocycles. The number of carbonyl (C=O) groups is 2. The number of pyridine rings is 1. The van der Waals surface area contributed by atoms with Crippen LogP contribution in [-0.2, 0) is 4.79 Å². The standard InChI is InChI=1S/C23H31N5O3/c29-22(28-11-1-2-12-28)17-26-23(30)19-6-7-25-21-5-4-18(16-20(19)21)31-15-3-10-27-13-8-24-9-14-27/h4-7,16,24H,1-3,8-15,17H2,(H,26,30). The van der Waals surface area contributed by atoms with Gasteiger partial charge in [-0.05, 0) is 43.5 Å². The third kappa shape index (κ3) is 5.71. The number of carbonyl (C=O) groups excluding carboxylic acids is 2. The van der Waals surface area contributed by atoms with Crippen LogP contribution in [0.15, 0.2) is 30.5 Å². The quantitative estimate of drug-likeness (QED) is 0.620. The topological polar surface area (TPSA) is 86.8 Å². The second-order valence-corrected chi connectivity index (χ2v) is 8.10. The summed E-state index contributed by atoms with van der Waals surface area (Å²) in [5.41, 5.74) is 1.23. The molecule has 2 amide bonds. The Morgan fingerprint density at radius 1 is 1.10 bits per heavy atom. The van der Waals surface area contributed by atoms with Crippen LogP contribution in [0.3, 0.4) is 0 Å². The smallest absolute Gasteiger partial charge is 0.252 e. The molecule has 0 spiro atoms. The van der Waals surface area contributed by atoms with Gasteiger partial charge in [0.2, 0.25) is 5.91 Å². The maximum absolute atomic E-state index is 12.8. The average molecular weight is 426 g/mol. The summed E-state index contributed by atoms with van der Waals surface area (Å²) in [5, 5.41) is 6.86. The molecule has 8 nitrogen and oxygen atoms in total. The lowest BCUT2D eigenvalue weighted by Crippen LogP contribution is -2.43. The van der Waals surface area contributed by atoms with Crippen LogP contribution in [0.1, 0.15) is 29.6 Å². The van der Waals surface area contributed by atoms with Gasteiger partial charge in [-0.2, -0.15) is 0 Å². The normalized spacial score (nSPS) is 17.1. The van der Waals surface area contributed by atoms with Crippen molar-refractivity contribution in [2.75, 3.05) is 59.0 Å². The van der Waals surface area contributed by atoms with E-state index < -0.39 is 0 Å². The fourth-order valence-corrected chi connectivity index (χ4v) is 4.16. The number of rotatable bonds is 8. The molecule has 31 heavy (non-hydrogen) atoms. The number of nitrogens with one attached hydrogen (secondary N) is 2. The van der Waals surface area contributed by atoms with Crippen LogP contribution in [0.4, 0.5) is 0 Å². The van der Waals surface area contributed by atoms with E-state index in [4.69, 9.17) is 4.74 Å². The zero-order valence-electron chi connectivity index (χ0n) is 17.9. The van der Waals surface area contributed by atoms with E-state index in [0.717, 1.165) is 81.7 Å². The summed E-state index contributed by atoms with van der Waals surface area (Å²) >= 11 is 0. The van der Waals surface area contributed by atoms with Gasteiger partial charge >= 0.3 is 0 Å². The summed E-state index contributed by atoms with van der Waals surface area (Å²) in [4.78, 5) is 33.6. The highest BCUT2D eigenvalue weighted by Crippen LogP contribution is 2.23. The third-order valence-electron chi connectivity index (χ3n) is 5.91. The Bertz CT molecular complexity index is 907. The highest BCUT2D eigenvalue weighted by atomic mass is 16.5. The minimum atomic E-state index is -0.268. The molecule has 2 fully saturated rings. The zero-order valence-corrected chi connectivity index (χ0v) is 17.9. The van der Waals surface area contributed by atoms with Gasteiger partial charge in [0.1, 0.15) is 5.75 Å². The Balaban J connectivity index is 1.34. The van der Waals surface area contributed by atoms with Gasteiger partial charge in [-0.15, -0.1) is 0 Å². The number of benzene rings is 1. The van der Waals surface area contributed by atoms with E-state index in [2.05, 4.69) is 20.5 Å². The number of ether oxygens (including phenoxy) is 1. The number of nitrogens with zero attached hydrogens (tertiary/aromatic N) is 3. The van der Waals surface area contributed by atoms with Crippen molar-refractivity contribution in [1.29, 1.82) is 0 Å². The van der Waals surface area contributed by atoms with Gasteiger partial charge in [-0.25, -0.2) is 0 Å². The molecule has 0 radical (unpaired) electrons. The van der Waals surface area contributed by atoms with E-state index in [9.17, 15) is 9.59 Å². The molecule has 1 aromatic heterocycles. The molecule has 0 aliphatic carbocycles. The first-order chi connectivity index (χ1) is 15.2. The molecule has 0 bridgehead atoms. The molecule has 2 aliphatic heterocycles. The van der Waals surface area contributed by atoms with E-state index >= 15 is 0 Å². The third-order valence-corrected chi connectivity index (χ3v) is 5.91. The largest absolute Gasteiger partial charge is 0.494 e. The Morgan fingerprint density at radius 2 is 1.90 bits per heavy atom. The molecular weight excluding hydrogens is 394 g/mol. The first-order valence-electron chi connectivity index (χ1n) is 11.2. The Morgan fingerprint density at radius 3 is 2.71 bits per heavy atom. The summed E-state index contributed by atoms with van der Waals surface area (Å²) in [5.74, 6) is 0.427. The Kier molecular flexibility index (Phi) is 7.32. The van der Waals surface area contributed by atoms with Crippen molar-refractivity contribution < 1.29 is 14.3 Å². The summed E-state index contributed by atoms with van der Waals surface area (Å²) in [6.45, 7) is 7.49. The molecule has 2 N–H and O–H groups in total. The van der Waals surface area contributed by atoms with Crippen LogP contribution in [0.2, 0.25) is 0 Å². The van der Waals surface area contributed by atoms with Gasteiger partial charge in [0.05, 0.1) is 24.2 Å². The van der Waals surface area contributed by atoms with Gasteiger partial charge in [-0.1, -0.05) is 0 Å². The van der Waals surface area contributed by atoms with Gasteiger partial charge in [-0.3, -0.25) is 14.6 Å². The highest BCUT2D eigenvalue weighted by molar-refractivity contribution is 6.07. The van der Waals surface area contributed by atoms with Crippen molar-refractivity contribution >= 4 is 22.7 Å². The van der Waals surface area contributed by atoms with Crippen LogP contribution < -0.4 is 15.4 Å². The van der Waals surface area contributed by atoms with Crippen LogP contribution in [0.25, 0.3) is 10.9 Å². The molecular formula is C23H31N5O3. The average Bonchev–Trinajstić information content (AvgIpc) is 3.35. The lowest BCUT2D eigenvalue weighted by atomic mass is 10.1. The first-order valence-corrected chi connectivity index (χ1v) is 11.2. The monoisotopic (exact) mass is 425 g/mol. The van der Waals surface area contributed by atoms with Crippen LogP contribution in [0.5, 0.6) is 5.75 Å². The van der Waals surface area contributed by atoms with E-state index in [1.807, 2.05) is 18.2 Å². The minimum Gasteiger partial charge on any atom is -0.494 e. The maximum atomic E-state index is 12.8. The molecule has 2 aliphatic rings. The Labute approximate surface area is 182 Å². The van der Waals surface area contributed by atoms with Crippen LogP contribution >= 0.6 is 0 Å². The molecule has 0 atom stereocenters. The summed E-state index contributed by atoms with van der Waals surface area (Å²) in [6.07, 6.45) is 4.64. The fraction of sp³-hybridized carbons (Fsp3) is 0.522. The predicted octanol–water partition coefficient (Wildman–Crippen LogP) is 1.26. The lowest BCUT2D eigenvalue weighted by molar-refractivity contribution is -0.129. The number of piperazine rings is 1. The molecule has 2 aromatic rings. The molecule has 1 aromatic carbocycles. The number of amides is 2. The van der Waals surface area contributed by atoms with Crippen molar-refractivity contribution in [1.82, 2.24) is 25.4 Å². The number of aromatic nitrogens is 1. The fourth-order valence-electron chi connectivity index (χ4n) is 4.16. The number of hydrogen-bond acceptors (Lipinski definition) is 6. The van der Waals surface area contributed by atoms with Gasteiger partial charge in [0.25, 0.3) is 5.91 Å². The predicted molar refractivity (Wildman–Crippen MR) is 119 cm³/mol. The van der Waals surface area contributed by atoms with E-state index in [1.54, 1.807) is 17.2 Å². The second-order valence-electron chi connectivity index (χ2n) is 8.10. The second kappa shape index (κ2) is 10.5. The number of fused-ring (bicyclic) bond motifs is 1. The Hall–Kier alpha value is -2.71. The summed E-state index contributed by atoms with van der Waals surface area (Å²) < 4.78 is 5.94. The number of hydrogen-bond donors (Lipinski definition) is 2. The van der Waals surface area contributed by atoms with Gasteiger partial charge < -0.3 is 25.2 Å². The van der Waals surface area contributed by atoms with E-state index in [1.165, 1.54) is 0 Å². The summed E-state index contributed by atoms with van der Waals surface area (Å²) in [6, 6.07) is 7.31. The SMILES string of the molecule is O=C(NCC(=O)N1CCCC1)c1ccnc2ccc(OCCCN3CCNCC3)cc12. The van der Waals surface area contributed by atoms with Crippen molar-refractivity contribution in [3.8, 4) is 5.75 Å². The molecule has 0 saturated carbocycles.